The molecule has 92 valence electrons. The smallest absolute Gasteiger partial charge is 0.174 e. The number of hydrogen-bond acceptors (Lipinski definition) is 6. The Hall–Kier alpha value is -0.640. The zero-order chi connectivity index (χ0) is 12.1. The molecule has 1 atom stereocenters. The highest BCUT2D eigenvalue weighted by Gasteiger charge is 2.31. The first kappa shape index (κ1) is 12.8. The predicted molar refractivity (Wildman–Crippen MR) is 70.0 cm³/mol. The number of nitriles is 1. The molecule has 0 radical (unpaired) electrons. The molecule has 0 saturated heterocycles. The quantitative estimate of drug-likeness (QED) is 0.608. The molecular weight excluding hydrogens is 252 g/mol. The van der Waals surface area contributed by atoms with Gasteiger partial charge in [-0.15, -0.1) is 10.2 Å². The molecule has 2 rings (SSSR count). The van der Waals surface area contributed by atoms with Gasteiger partial charge < -0.3 is 0 Å². The Kier molecular flexibility index (Phi) is 4.37. The summed E-state index contributed by atoms with van der Waals surface area (Å²) in [6.45, 7) is 2.00. The zero-order valence-electron chi connectivity index (χ0n) is 9.85. The third-order valence-electron chi connectivity index (χ3n) is 2.73. The topological polar surface area (TPSA) is 61.6 Å². The molecule has 0 aliphatic heterocycles. The Balaban J connectivity index is 1.67. The summed E-state index contributed by atoms with van der Waals surface area (Å²) in [4.78, 5) is 0. The fourth-order valence-electron chi connectivity index (χ4n) is 1.65. The summed E-state index contributed by atoms with van der Waals surface area (Å²) in [7, 11) is 0. The minimum absolute atomic E-state index is 0.358. The second-order valence-corrected chi connectivity index (χ2v) is 6.69. The van der Waals surface area contributed by atoms with E-state index in [9.17, 15) is 5.26 Å². The molecule has 1 unspecified atom stereocenters. The van der Waals surface area contributed by atoms with Gasteiger partial charge in [0.05, 0.1) is 6.07 Å². The molecule has 1 aromatic rings. The second kappa shape index (κ2) is 5.80. The van der Waals surface area contributed by atoms with Crippen LogP contribution in [0.5, 0.6) is 0 Å². The Bertz CT molecular complexity index is 383. The molecule has 1 aliphatic rings. The summed E-state index contributed by atoms with van der Waals surface area (Å²) in [5.74, 6) is 0.999. The van der Waals surface area contributed by atoms with Gasteiger partial charge in [0.1, 0.15) is 11.0 Å². The lowest BCUT2D eigenvalue weighted by Crippen LogP contribution is -2.42. The summed E-state index contributed by atoms with van der Waals surface area (Å²) in [6, 6.07) is 2.98. The van der Waals surface area contributed by atoms with Crippen LogP contribution in [0.1, 0.15) is 32.6 Å². The Morgan fingerprint density at radius 2 is 2.53 bits per heavy atom. The van der Waals surface area contributed by atoms with Gasteiger partial charge in [-0.3, -0.25) is 5.32 Å². The molecule has 0 bridgehead atoms. The van der Waals surface area contributed by atoms with E-state index in [1.54, 1.807) is 28.6 Å². The third-order valence-corrected chi connectivity index (χ3v) is 4.68. The molecular formula is C11H16N4S2. The first-order valence-electron chi connectivity index (χ1n) is 5.80. The minimum atomic E-state index is -0.358. The van der Waals surface area contributed by atoms with E-state index >= 15 is 0 Å². The van der Waals surface area contributed by atoms with E-state index in [1.165, 1.54) is 12.8 Å². The molecule has 1 N–H and O–H groups in total. The summed E-state index contributed by atoms with van der Waals surface area (Å²) < 4.78 is 1.01. The summed E-state index contributed by atoms with van der Waals surface area (Å²) in [6.07, 6.45) is 4.35. The molecule has 0 amide bonds. The lowest BCUT2D eigenvalue weighted by Gasteiger charge is -2.22. The largest absolute Gasteiger partial charge is 0.297 e. The van der Waals surface area contributed by atoms with Crippen LogP contribution in [0.4, 0.5) is 0 Å². The number of aromatic nitrogens is 2. The van der Waals surface area contributed by atoms with Gasteiger partial charge in [-0.25, -0.2) is 0 Å². The second-order valence-electron chi connectivity index (χ2n) is 4.52. The van der Waals surface area contributed by atoms with Crippen LogP contribution in [0.2, 0.25) is 0 Å². The first-order chi connectivity index (χ1) is 8.22. The van der Waals surface area contributed by atoms with Crippen LogP contribution in [0.3, 0.4) is 0 Å². The number of nitrogens with zero attached hydrogens (tertiary/aromatic N) is 3. The highest BCUT2D eigenvalue weighted by molar-refractivity contribution is 8.00. The van der Waals surface area contributed by atoms with Gasteiger partial charge in [0.2, 0.25) is 0 Å². The van der Waals surface area contributed by atoms with Crippen molar-refractivity contribution < 1.29 is 0 Å². The van der Waals surface area contributed by atoms with E-state index in [4.69, 9.17) is 0 Å². The molecule has 1 fully saturated rings. The van der Waals surface area contributed by atoms with Crippen molar-refractivity contribution in [2.75, 3.05) is 5.75 Å². The maximum atomic E-state index is 9.21. The molecule has 0 spiro atoms. The van der Waals surface area contributed by atoms with Crippen LogP contribution in [0, 0.1) is 11.3 Å². The minimum Gasteiger partial charge on any atom is -0.297 e. The fourth-order valence-corrected chi connectivity index (χ4v) is 3.15. The summed E-state index contributed by atoms with van der Waals surface area (Å²) in [5, 5.41) is 20.4. The van der Waals surface area contributed by atoms with Crippen molar-refractivity contribution in [3.05, 3.63) is 5.51 Å². The van der Waals surface area contributed by atoms with Crippen LogP contribution in [0.15, 0.2) is 9.85 Å². The number of nitrogens with one attached hydrogen (secondary N) is 1. The molecule has 1 heterocycles. The summed E-state index contributed by atoms with van der Waals surface area (Å²) in [5.41, 5.74) is 1.39. The molecule has 1 aromatic heterocycles. The van der Waals surface area contributed by atoms with Crippen LogP contribution >= 0.6 is 23.1 Å². The molecule has 6 heteroatoms. The standard InChI is InChI=1S/C11H16N4S2/c1-11(7-12,14-9-3-4-9)5-2-6-16-10-15-13-8-17-10/h8-9,14H,2-6H2,1H3. The number of hydrogen-bond donors (Lipinski definition) is 1. The normalized spacial score (nSPS) is 18.6. The van der Waals surface area contributed by atoms with Crippen molar-refractivity contribution in [2.24, 2.45) is 0 Å². The first-order valence-corrected chi connectivity index (χ1v) is 7.66. The maximum absolute atomic E-state index is 9.21. The highest BCUT2D eigenvalue weighted by Crippen LogP contribution is 2.26. The predicted octanol–water partition coefficient (Wildman–Crippen LogP) is 2.44. The van der Waals surface area contributed by atoms with Crippen molar-refractivity contribution in [1.82, 2.24) is 15.5 Å². The van der Waals surface area contributed by atoms with Crippen molar-refractivity contribution in [3.63, 3.8) is 0 Å². The lowest BCUT2D eigenvalue weighted by molar-refractivity contribution is 0.412. The third kappa shape index (κ3) is 4.26. The van der Waals surface area contributed by atoms with Gasteiger partial charge in [0, 0.05) is 11.8 Å². The Morgan fingerprint density at radius 1 is 1.71 bits per heavy atom. The number of thioether (sulfide) groups is 1. The van der Waals surface area contributed by atoms with E-state index in [0.717, 1.165) is 22.9 Å². The van der Waals surface area contributed by atoms with Gasteiger partial charge in [-0.2, -0.15) is 5.26 Å². The van der Waals surface area contributed by atoms with Gasteiger partial charge in [0.25, 0.3) is 0 Å². The van der Waals surface area contributed by atoms with Crippen LogP contribution < -0.4 is 5.32 Å². The van der Waals surface area contributed by atoms with Crippen molar-refractivity contribution in [1.29, 1.82) is 5.26 Å². The summed E-state index contributed by atoms with van der Waals surface area (Å²) >= 11 is 3.29. The van der Waals surface area contributed by atoms with Gasteiger partial charge in [0.15, 0.2) is 4.34 Å². The maximum Gasteiger partial charge on any atom is 0.174 e. The highest BCUT2D eigenvalue weighted by atomic mass is 32.2. The average Bonchev–Trinajstić information content (AvgIpc) is 2.97. The average molecular weight is 268 g/mol. The number of rotatable bonds is 7. The Labute approximate surface area is 110 Å². The van der Waals surface area contributed by atoms with Crippen LogP contribution in [0.25, 0.3) is 0 Å². The van der Waals surface area contributed by atoms with E-state index < -0.39 is 0 Å². The van der Waals surface area contributed by atoms with Crippen LogP contribution in [-0.4, -0.2) is 27.5 Å². The van der Waals surface area contributed by atoms with E-state index in [0.29, 0.717) is 6.04 Å². The molecule has 4 nitrogen and oxygen atoms in total. The zero-order valence-corrected chi connectivity index (χ0v) is 11.5. The molecule has 0 aromatic carbocycles. The van der Waals surface area contributed by atoms with Crippen LogP contribution in [-0.2, 0) is 0 Å². The molecule has 1 saturated carbocycles. The van der Waals surface area contributed by atoms with Gasteiger partial charge >= 0.3 is 0 Å². The lowest BCUT2D eigenvalue weighted by atomic mass is 9.98. The van der Waals surface area contributed by atoms with Gasteiger partial charge in [-0.05, 0) is 32.6 Å². The molecule has 1 aliphatic carbocycles. The van der Waals surface area contributed by atoms with Crippen molar-refractivity contribution in [2.45, 2.75) is 48.5 Å². The van der Waals surface area contributed by atoms with Gasteiger partial charge in [-0.1, -0.05) is 23.1 Å². The SMILES string of the molecule is CC(C#N)(CCCSc1nncs1)NC1CC1. The van der Waals surface area contributed by atoms with Crippen molar-refractivity contribution in [3.8, 4) is 6.07 Å². The van der Waals surface area contributed by atoms with Crippen molar-refractivity contribution >= 4 is 23.1 Å². The van der Waals surface area contributed by atoms with E-state index in [2.05, 4.69) is 21.6 Å². The molecule has 17 heavy (non-hydrogen) atoms. The Morgan fingerprint density at radius 3 is 3.12 bits per heavy atom. The fraction of sp³-hybridized carbons (Fsp3) is 0.727. The van der Waals surface area contributed by atoms with E-state index in [1.807, 2.05) is 6.92 Å². The van der Waals surface area contributed by atoms with E-state index in [-0.39, 0.29) is 5.54 Å². The monoisotopic (exact) mass is 268 g/mol.